The maximum absolute atomic E-state index is 13.6. The molecule has 0 atom stereocenters. The molecule has 0 bridgehead atoms. The zero-order chi connectivity index (χ0) is 17.7. The van der Waals surface area contributed by atoms with Crippen LogP contribution < -0.4 is 4.74 Å². The molecule has 0 saturated heterocycles. The number of alkyl halides is 2. The van der Waals surface area contributed by atoms with E-state index in [4.69, 9.17) is 21.6 Å². The molecule has 1 heterocycles. The summed E-state index contributed by atoms with van der Waals surface area (Å²) in [6, 6.07) is 7.02. The molecular weight excluding hydrogens is 367 g/mol. The van der Waals surface area contributed by atoms with Gasteiger partial charge in [0.1, 0.15) is 17.3 Å². The van der Waals surface area contributed by atoms with Crippen LogP contribution in [0.5, 0.6) is 11.5 Å². The molecule has 2 aromatic rings. The van der Waals surface area contributed by atoms with Crippen molar-refractivity contribution in [1.82, 2.24) is 0 Å². The Morgan fingerprint density at radius 1 is 1.25 bits per heavy atom. The molecule has 1 aliphatic rings. The average Bonchev–Trinajstić information content (AvgIpc) is 2.68. The van der Waals surface area contributed by atoms with Crippen molar-refractivity contribution in [2.75, 3.05) is 0 Å². The van der Waals surface area contributed by atoms with Gasteiger partial charge in [-0.2, -0.15) is 14.0 Å². The summed E-state index contributed by atoms with van der Waals surface area (Å²) in [5.74, 6) is -0.908. The van der Waals surface area contributed by atoms with Crippen LogP contribution in [0.25, 0.3) is 0 Å². The predicted molar refractivity (Wildman–Crippen MR) is 78.5 cm³/mol. The smallest absolute Gasteiger partial charge is 0.354 e. The zero-order valence-corrected chi connectivity index (χ0v) is 13.3. The van der Waals surface area contributed by atoms with Crippen LogP contribution in [0.4, 0.5) is 13.2 Å². The number of nitrogens with zero attached hydrogens (tertiary/aromatic N) is 1. The number of fused-ring (bicyclic) bond motifs is 1. The lowest BCUT2D eigenvalue weighted by Gasteiger charge is -2.10. The van der Waals surface area contributed by atoms with Gasteiger partial charge in [-0.3, -0.25) is 0 Å². The van der Waals surface area contributed by atoms with E-state index >= 15 is 0 Å². The van der Waals surface area contributed by atoms with E-state index in [0.29, 0.717) is 0 Å². The number of benzene rings is 2. The van der Waals surface area contributed by atoms with Gasteiger partial charge in [-0.1, -0.05) is 11.6 Å². The number of ether oxygens (including phenoxy) is 1. The summed E-state index contributed by atoms with van der Waals surface area (Å²) >= 11 is 5.99. The second kappa shape index (κ2) is 5.40. The molecule has 9 heteroatoms. The predicted octanol–water partition coefficient (Wildman–Crippen LogP) is 4.07. The highest BCUT2D eigenvalue weighted by atomic mass is 35.5. The number of sulfone groups is 1. The SMILES string of the molecule is N#Cc1cc(F)cc(Oc2ccc3c(c2Cl)CC(F)(F)S3(=O)=O)c1. The van der Waals surface area contributed by atoms with Crippen LogP contribution in [-0.4, -0.2) is 13.7 Å². The molecule has 124 valence electrons. The molecule has 4 nitrogen and oxygen atoms in total. The number of halogens is 4. The Morgan fingerprint density at radius 3 is 2.62 bits per heavy atom. The van der Waals surface area contributed by atoms with Gasteiger partial charge in [-0.05, 0) is 24.3 Å². The molecular formula is C15H7ClF3NO3S. The summed E-state index contributed by atoms with van der Waals surface area (Å²) < 4.78 is 69.4. The lowest BCUT2D eigenvalue weighted by atomic mass is 10.1. The Labute approximate surface area is 140 Å². The fraction of sp³-hybridized carbons (Fsp3) is 0.133. The third kappa shape index (κ3) is 2.50. The first-order valence-corrected chi connectivity index (χ1v) is 8.34. The van der Waals surface area contributed by atoms with Gasteiger partial charge in [-0.25, -0.2) is 12.8 Å². The highest BCUT2D eigenvalue weighted by Crippen LogP contribution is 2.47. The summed E-state index contributed by atoms with van der Waals surface area (Å²) in [7, 11) is -4.79. The molecule has 0 unspecified atom stereocenters. The molecule has 0 aliphatic carbocycles. The highest BCUT2D eigenvalue weighted by molar-refractivity contribution is 7.92. The lowest BCUT2D eigenvalue weighted by Crippen LogP contribution is -2.24. The Kier molecular flexibility index (Phi) is 3.73. The molecule has 0 aromatic heterocycles. The van der Waals surface area contributed by atoms with E-state index in [1.54, 1.807) is 6.07 Å². The standard InChI is InChI=1S/C15H7ClF3NO3S/c16-14-11-6-15(18,19)24(21,22)13(11)2-1-12(14)23-10-4-8(7-20)3-9(17)5-10/h1-5H,6H2. The first-order valence-electron chi connectivity index (χ1n) is 6.48. The lowest BCUT2D eigenvalue weighted by molar-refractivity contribution is 0.0983. The fourth-order valence-corrected chi connectivity index (χ4v) is 4.08. The summed E-state index contributed by atoms with van der Waals surface area (Å²) in [4.78, 5) is -0.554. The number of hydrogen-bond acceptors (Lipinski definition) is 4. The van der Waals surface area contributed by atoms with Crippen molar-refractivity contribution in [2.24, 2.45) is 0 Å². The van der Waals surface area contributed by atoms with Crippen LogP contribution in [0.3, 0.4) is 0 Å². The summed E-state index contributed by atoms with van der Waals surface area (Å²) in [6.07, 6.45) is -1.06. The van der Waals surface area contributed by atoms with Crippen molar-refractivity contribution >= 4 is 21.4 Å². The van der Waals surface area contributed by atoms with Gasteiger partial charge in [-0.15, -0.1) is 0 Å². The third-order valence-electron chi connectivity index (χ3n) is 3.46. The number of rotatable bonds is 2. The van der Waals surface area contributed by atoms with Gasteiger partial charge < -0.3 is 4.74 Å². The first kappa shape index (κ1) is 16.6. The third-order valence-corrected chi connectivity index (χ3v) is 5.76. The van der Waals surface area contributed by atoms with Gasteiger partial charge in [0.25, 0.3) is 0 Å². The molecule has 0 fully saturated rings. The average molecular weight is 374 g/mol. The van der Waals surface area contributed by atoms with E-state index in [2.05, 4.69) is 0 Å². The highest BCUT2D eigenvalue weighted by Gasteiger charge is 2.54. The summed E-state index contributed by atoms with van der Waals surface area (Å²) in [5, 5.41) is 4.57. The van der Waals surface area contributed by atoms with Crippen molar-refractivity contribution in [3.63, 3.8) is 0 Å². The van der Waals surface area contributed by atoms with Gasteiger partial charge in [0.05, 0.1) is 28.0 Å². The van der Waals surface area contributed by atoms with E-state index in [0.717, 1.165) is 24.3 Å². The van der Waals surface area contributed by atoms with E-state index < -0.39 is 32.2 Å². The Morgan fingerprint density at radius 2 is 1.96 bits per heavy atom. The molecule has 0 saturated carbocycles. The molecule has 2 aromatic carbocycles. The molecule has 0 N–H and O–H groups in total. The molecule has 1 aliphatic heterocycles. The molecule has 3 rings (SSSR count). The van der Waals surface area contributed by atoms with E-state index in [1.807, 2.05) is 0 Å². The van der Waals surface area contributed by atoms with Gasteiger partial charge in [0, 0.05) is 11.6 Å². The maximum Gasteiger partial charge on any atom is 0.354 e. The first-order chi connectivity index (χ1) is 11.2. The van der Waals surface area contributed by atoms with Crippen molar-refractivity contribution in [3.8, 4) is 17.6 Å². The van der Waals surface area contributed by atoms with Crippen molar-refractivity contribution in [2.45, 2.75) is 16.6 Å². The Balaban J connectivity index is 2.05. The second-order valence-corrected chi connectivity index (χ2v) is 7.48. The topological polar surface area (TPSA) is 67.2 Å². The van der Waals surface area contributed by atoms with Gasteiger partial charge >= 0.3 is 5.25 Å². The number of hydrogen-bond donors (Lipinski definition) is 0. The zero-order valence-electron chi connectivity index (χ0n) is 11.7. The number of nitriles is 1. The van der Waals surface area contributed by atoms with Crippen LogP contribution in [0, 0.1) is 17.1 Å². The van der Waals surface area contributed by atoms with Gasteiger partial charge in [0.2, 0.25) is 9.84 Å². The van der Waals surface area contributed by atoms with Crippen molar-refractivity contribution < 1.29 is 26.3 Å². The normalized spacial score (nSPS) is 17.1. The minimum absolute atomic E-state index is 0.00334. The molecule has 24 heavy (non-hydrogen) atoms. The van der Waals surface area contributed by atoms with Crippen molar-refractivity contribution in [1.29, 1.82) is 5.26 Å². The molecule has 0 amide bonds. The molecule has 0 spiro atoms. The van der Waals surface area contributed by atoms with Crippen LogP contribution in [-0.2, 0) is 16.3 Å². The Hall–Kier alpha value is -2.24. The van der Waals surface area contributed by atoms with Crippen LogP contribution in [0.15, 0.2) is 35.2 Å². The minimum atomic E-state index is -4.79. The van der Waals surface area contributed by atoms with E-state index in [1.165, 1.54) is 6.07 Å². The monoisotopic (exact) mass is 373 g/mol. The summed E-state index contributed by atoms with van der Waals surface area (Å²) in [6.45, 7) is 0. The van der Waals surface area contributed by atoms with E-state index in [9.17, 15) is 21.6 Å². The molecule has 0 radical (unpaired) electrons. The fourth-order valence-electron chi connectivity index (χ4n) is 2.35. The second-order valence-electron chi connectivity index (χ2n) is 5.06. The summed E-state index contributed by atoms with van der Waals surface area (Å²) in [5.41, 5.74) is -0.257. The van der Waals surface area contributed by atoms with E-state index in [-0.39, 0.29) is 27.6 Å². The van der Waals surface area contributed by atoms with Gasteiger partial charge in [0.15, 0.2) is 0 Å². The maximum atomic E-state index is 13.6. The van der Waals surface area contributed by atoms with Crippen LogP contribution in [0.1, 0.15) is 11.1 Å². The minimum Gasteiger partial charge on any atom is -0.456 e. The van der Waals surface area contributed by atoms with Crippen LogP contribution >= 0.6 is 11.6 Å². The van der Waals surface area contributed by atoms with Crippen LogP contribution in [0.2, 0.25) is 5.02 Å². The largest absolute Gasteiger partial charge is 0.456 e. The quantitative estimate of drug-likeness (QED) is 0.796. The Bertz CT molecular complexity index is 1000. The van der Waals surface area contributed by atoms with Crippen molar-refractivity contribution in [3.05, 3.63) is 52.3 Å².